The van der Waals surface area contributed by atoms with Gasteiger partial charge in [0.05, 0.1) is 12.0 Å². The molecule has 3 aromatic rings. The van der Waals surface area contributed by atoms with E-state index in [1.165, 1.54) is 18.0 Å². The second kappa shape index (κ2) is 8.30. The van der Waals surface area contributed by atoms with E-state index in [2.05, 4.69) is 20.8 Å². The molecule has 8 heteroatoms. The Labute approximate surface area is 154 Å². The van der Waals surface area contributed by atoms with E-state index in [-0.39, 0.29) is 17.4 Å². The summed E-state index contributed by atoms with van der Waals surface area (Å²) >= 11 is 1.26. The number of anilines is 2. The summed E-state index contributed by atoms with van der Waals surface area (Å²) in [4.78, 5) is 23.8. The number of carbonyl (C=O) groups is 2. The Kier molecular flexibility index (Phi) is 5.65. The number of hydrogen-bond acceptors (Lipinski definition) is 6. The molecule has 3 rings (SSSR count). The molecule has 0 bridgehead atoms. The molecule has 26 heavy (non-hydrogen) atoms. The number of aryl methyl sites for hydroxylation is 1. The zero-order valence-electron chi connectivity index (χ0n) is 13.9. The molecule has 2 amide bonds. The highest BCUT2D eigenvalue weighted by molar-refractivity contribution is 7.99. The van der Waals surface area contributed by atoms with E-state index in [0.717, 1.165) is 11.3 Å². The third-order valence-electron chi connectivity index (χ3n) is 3.28. The normalized spacial score (nSPS) is 10.3. The summed E-state index contributed by atoms with van der Waals surface area (Å²) in [6.07, 6.45) is 1.42. The Bertz CT molecular complexity index is 895. The van der Waals surface area contributed by atoms with Crippen molar-refractivity contribution in [1.82, 2.24) is 10.2 Å². The van der Waals surface area contributed by atoms with Gasteiger partial charge in [0, 0.05) is 5.69 Å². The number of hydrogen-bond donors (Lipinski definition) is 2. The molecule has 1 aromatic carbocycles. The summed E-state index contributed by atoms with van der Waals surface area (Å²) < 4.78 is 5.00. The molecule has 0 atom stereocenters. The van der Waals surface area contributed by atoms with Crippen LogP contribution >= 0.6 is 11.8 Å². The SMILES string of the molecule is Cc1cccc(NC(=O)CSc2ccc(NC(=O)c3ccco3)nn2)c1. The lowest BCUT2D eigenvalue weighted by Gasteiger charge is -2.06. The number of thioether (sulfide) groups is 1. The average molecular weight is 368 g/mol. The van der Waals surface area contributed by atoms with Gasteiger partial charge in [-0.05, 0) is 48.9 Å². The molecule has 0 fully saturated rings. The van der Waals surface area contributed by atoms with Crippen LogP contribution < -0.4 is 10.6 Å². The monoisotopic (exact) mass is 368 g/mol. The number of rotatable bonds is 6. The van der Waals surface area contributed by atoms with Crippen molar-refractivity contribution in [2.75, 3.05) is 16.4 Å². The molecule has 132 valence electrons. The molecule has 0 radical (unpaired) electrons. The van der Waals surface area contributed by atoms with Crippen molar-refractivity contribution in [2.24, 2.45) is 0 Å². The van der Waals surface area contributed by atoms with Crippen LogP contribution in [0.5, 0.6) is 0 Å². The zero-order valence-corrected chi connectivity index (χ0v) is 14.7. The largest absolute Gasteiger partial charge is 0.459 e. The fraction of sp³-hybridized carbons (Fsp3) is 0.111. The molecule has 0 spiro atoms. The molecule has 0 aliphatic heterocycles. The summed E-state index contributed by atoms with van der Waals surface area (Å²) in [6, 6.07) is 14.1. The smallest absolute Gasteiger partial charge is 0.292 e. The summed E-state index contributed by atoms with van der Waals surface area (Å²) in [5.41, 5.74) is 1.84. The van der Waals surface area contributed by atoms with Crippen molar-refractivity contribution >= 4 is 35.1 Å². The van der Waals surface area contributed by atoms with Gasteiger partial charge in [-0.1, -0.05) is 23.9 Å². The number of amides is 2. The van der Waals surface area contributed by atoms with Crippen LogP contribution in [-0.4, -0.2) is 27.8 Å². The second-order valence-electron chi connectivity index (χ2n) is 5.39. The molecule has 7 nitrogen and oxygen atoms in total. The van der Waals surface area contributed by atoms with Crippen molar-refractivity contribution < 1.29 is 14.0 Å². The lowest BCUT2D eigenvalue weighted by Crippen LogP contribution is -2.14. The molecule has 0 aliphatic rings. The number of furan rings is 1. The van der Waals surface area contributed by atoms with Crippen LogP contribution in [0.15, 0.2) is 64.2 Å². The Morgan fingerprint density at radius 3 is 2.65 bits per heavy atom. The van der Waals surface area contributed by atoms with Crippen molar-refractivity contribution in [3.63, 3.8) is 0 Å². The van der Waals surface area contributed by atoms with E-state index in [4.69, 9.17) is 4.42 Å². The van der Waals surface area contributed by atoms with E-state index >= 15 is 0 Å². The van der Waals surface area contributed by atoms with Crippen molar-refractivity contribution in [3.8, 4) is 0 Å². The molecule has 2 aromatic heterocycles. The minimum atomic E-state index is -0.401. The van der Waals surface area contributed by atoms with Gasteiger partial charge in [-0.2, -0.15) is 0 Å². The lowest BCUT2D eigenvalue weighted by molar-refractivity contribution is -0.113. The topological polar surface area (TPSA) is 97.1 Å². The van der Waals surface area contributed by atoms with Crippen LogP contribution in [0.3, 0.4) is 0 Å². The first kappa shape index (κ1) is 17.7. The highest BCUT2D eigenvalue weighted by Crippen LogP contribution is 2.17. The first-order valence-corrected chi connectivity index (χ1v) is 8.76. The number of carbonyl (C=O) groups excluding carboxylic acids is 2. The lowest BCUT2D eigenvalue weighted by atomic mass is 10.2. The Morgan fingerprint density at radius 1 is 1.08 bits per heavy atom. The van der Waals surface area contributed by atoms with Crippen molar-refractivity contribution in [3.05, 3.63) is 66.1 Å². The van der Waals surface area contributed by atoms with Gasteiger partial charge in [-0.3, -0.25) is 9.59 Å². The Balaban J connectivity index is 1.49. The minimum Gasteiger partial charge on any atom is -0.459 e. The summed E-state index contributed by atoms with van der Waals surface area (Å²) in [6.45, 7) is 1.96. The minimum absolute atomic E-state index is 0.127. The summed E-state index contributed by atoms with van der Waals surface area (Å²) in [5, 5.41) is 13.9. The van der Waals surface area contributed by atoms with Crippen molar-refractivity contribution in [2.45, 2.75) is 11.9 Å². The van der Waals surface area contributed by atoms with Crippen LogP contribution in [0.25, 0.3) is 0 Å². The predicted molar refractivity (Wildman–Crippen MR) is 99.2 cm³/mol. The quantitative estimate of drug-likeness (QED) is 0.648. The van der Waals surface area contributed by atoms with Gasteiger partial charge < -0.3 is 15.1 Å². The van der Waals surface area contributed by atoms with Crippen LogP contribution in [0.2, 0.25) is 0 Å². The maximum absolute atomic E-state index is 12.0. The van der Waals surface area contributed by atoms with Gasteiger partial charge >= 0.3 is 0 Å². The third-order valence-corrected chi connectivity index (χ3v) is 4.20. The standard InChI is InChI=1S/C18H16N4O3S/c1-12-4-2-5-13(10-12)19-16(23)11-26-17-8-7-15(21-22-17)20-18(24)14-6-3-9-25-14/h2-10H,11H2,1H3,(H,19,23)(H,20,21,24). The third kappa shape index (κ3) is 4.93. The summed E-state index contributed by atoms with van der Waals surface area (Å²) in [7, 11) is 0. The van der Waals surface area contributed by atoms with E-state index in [9.17, 15) is 9.59 Å². The summed E-state index contributed by atoms with van der Waals surface area (Å²) in [5.74, 6) is 0.179. The maximum Gasteiger partial charge on any atom is 0.292 e. The van der Waals surface area contributed by atoms with Crippen LogP contribution in [0, 0.1) is 6.92 Å². The van der Waals surface area contributed by atoms with E-state index in [1.807, 2.05) is 31.2 Å². The van der Waals surface area contributed by atoms with Gasteiger partial charge in [-0.25, -0.2) is 0 Å². The van der Waals surface area contributed by atoms with E-state index in [1.54, 1.807) is 24.3 Å². The number of aromatic nitrogens is 2. The van der Waals surface area contributed by atoms with Crippen LogP contribution in [0.4, 0.5) is 11.5 Å². The molecule has 0 saturated heterocycles. The first-order chi connectivity index (χ1) is 12.6. The average Bonchev–Trinajstić information content (AvgIpc) is 3.16. The number of benzene rings is 1. The predicted octanol–water partition coefficient (Wildman–Crippen LogP) is 3.36. The maximum atomic E-state index is 12.0. The molecule has 2 heterocycles. The fourth-order valence-electron chi connectivity index (χ4n) is 2.11. The van der Waals surface area contributed by atoms with Gasteiger partial charge in [0.2, 0.25) is 5.91 Å². The molecule has 0 aliphatic carbocycles. The molecule has 0 saturated carbocycles. The van der Waals surface area contributed by atoms with E-state index < -0.39 is 5.91 Å². The number of nitrogens with zero attached hydrogens (tertiary/aromatic N) is 2. The number of nitrogens with one attached hydrogen (secondary N) is 2. The molecular weight excluding hydrogens is 352 g/mol. The zero-order chi connectivity index (χ0) is 18.4. The van der Waals surface area contributed by atoms with Gasteiger partial charge in [0.25, 0.3) is 5.91 Å². The van der Waals surface area contributed by atoms with Gasteiger partial charge in [0.15, 0.2) is 11.6 Å². The van der Waals surface area contributed by atoms with Crippen LogP contribution in [0.1, 0.15) is 16.1 Å². The van der Waals surface area contributed by atoms with Gasteiger partial charge in [-0.15, -0.1) is 10.2 Å². The molecular formula is C18H16N4O3S. The van der Waals surface area contributed by atoms with Crippen molar-refractivity contribution in [1.29, 1.82) is 0 Å². The fourth-order valence-corrected chi connectivity index (χ4v) is 2.72. The highest BCUT2D eigenvalue weighted by Gasteiger charge is 2.10. The van der Waals surface area contributed by atoms with E-state index in [0.29, 0.717) is 10.8 Å². The molecule has 0 unspecified atom stereocenters. The first-order valence-electron chi connectivity index (χ1n) is 7.78. The highest BCUT2D eigenvalue weighted by atomic mass is 32.2. The van der Waals surface area contributed by atoms with Gasteiger partial charge in [0.1, 0.15) is 5.03 Å². The molecule has 2 N–H and O–H groups in total. The Hall–Kier alpha value is -3.13. The van der Waals surface area contributed by atoms with Crippen LogP contribution in [-0.2, 0) is 4.79 Å². The Morgan fingerprint density at radius 2 is 1.96 bits per heavy atom. The second-order valence-corrected chi connectivity index (χ2v) is 6.39.